The number of benzene rings is 1. The minimum Gasteiger partial charge on any atom is -0.449 e. The van der Waals surface area contributed by atoms with E-state index >= 15 is 0 Å². The normalized spacial score (nSPS) is 24.2. The molecule has 25 heavy (non-hydrogen) atoms. The molecule has 4 atom stereocenters. The van der Waals surface area contributed by atoms with Gasteiger partial charge in [-0.3, -0.25) is 14.9 Å². The summed E-state index contributed by atoms with van der Waals surface area (Å²) in [6.45, 7) is 5.83. The van der Waals surface area contributed by atoms with E-state index in [9.17, 15) is 19.7 Å². The van der Waals surface area contributed by atoms with Gasteiger partial charge in [-0.1, -0.05) is 26.7 Å². The van der Waals surface area contributed by atoms with E-state index in [1.54, 1.807) is 0 Å². The van der Waals surface area contributed by atoms with Crippen molar-refractivity contribution in [2.45, 2.75) is 52.2 Å². The van der Waals surface area contributed by atoms with Crippen LogP contribution < -0.4 is 5.32 Å². The molecule has 0 saturated heterocycles. The van der Waals surface area contributed by atoms with E-state index in [1.165, 1.54) is 31.2 Å². The lowest BCUT2D eigenvalue weighted by atomic mass is 9.78. The second-order valence-electron chi connectivity index (χ2n) is 6.73. The minimum absolute atomic E-state index is 0.0942. The van der Waals surface area contributed by atoms with Crippen LogP contribution in [-0.4, -0.2) is 28.9 Å². The van der Waals surface area contributed by atoms with E-state index in [-0.39, 0.29) is 23.2 Å². The maximum atomic E-state index is 12.3. The largest absolute Gasteiger partial charge is 0.449 e. The van der Waals surface area contributed by atoms with Gasteiger partial charge in [-0.15, -0.1) is 0 Å². The number of hydrogen-bond donors (Lipinski definition) is 1. The van der Waals surface area contributed by atoms with Gasteiger partial charge in [-0.2, -0.15) is 0 Å². The van der Waals surface area contributed by atoms with Crippen LogP contribution in [-0.2, 0) is 9.53 Å². The highest BCUT2D eigenvalue weighted by Gasteiger charge is 2.30. The molecule has 136 valence electrons. The molecule has 0 unspecified atom stereocenters. The maximum absolute atomic E-state index is 12.3. The number of carbonyl (C=O) groups is 2. The lowest BCUT2D eigenvalue weighted by Gasteiger charge is -2.35. The first-order valence-electron chi connectivity index (χ1n) is 8.55. The monoisotopic (exact) mass is 348 g/mol. The van der Waals surface area contributed by atoms with Crippen molar-refractivity contribution in [1.82, 2.24) is 5.32 Å². The summed E-state index contributed by atoms with van der Waals surface area (Å²) in [6.07, 6.45) is 2.25. The predicted octanol–water partition coefficient (Wildman–Crippen LogP) is 3.08. The van der Waals surface area contributed by atoms with E-state index in [0.29, 0.717) is 11.8 Å². The first-order valence-corrected chi connectivity index (χ1v) is 8.55. The molecule has 1 aromatic carbocycles. The number of ether oxygens (including phenoxy) is 1. The average Bonchev–Trinajstić information content (AvgIpc) is 2.58. The van der Waals surface area contributed by atoms with Crippen LogP contribution in [0.25, 0.3) is 0 Å². The Bertz CT molecular complexity index is 643. The number of hydrogen-bond acceptors (Lipinski definition) is 5. The highest BCUT2D eigenvalue weighted by atomic mass is 16.6. The summed E-state index contributed by atoms with van der Waals surface area (Å²) in [5, 5.41) is 13.6. The van der Waals surface area contributed by atoms with Crippen molar-refractivity contribution in [3.8, 4) is 0 Å². The van der Waals surface area contributed by atoms with Gasteiger partial charge in [0, 0.05) is 18.2 Å². The van der Waals surface area contributed by atoms with Crippen LogP contribution in [0.3, 0.4) is 0 Å². The van der Waals surface area contributed by atoms with Gasteiger partial charge in [0.25, 0.3) is 11.6 Å². The van der Waals surface area contributed by atoms with Crippen molar-refractivity contribution in [3.63, 3.8) is 0 Å². The number of carbonyl (C=O) groups excluding carboxylic acids is 2. The summed E-state index contributed by atoms with van der Waals surface area (Å²) in [6, 6.07) is 5.18. The summed E-state index contributed by atoms with van der Waals surface area (Å²) in [5.74, 6) is -0.0592. The number of esters is 1. The summed E-state index contributed by atoms with van der Waals surface area (Å²) in [5.41, 5.74) is 0.0626. The zero-order chi connectivity index (χ0) is 18.6. The van der Waals surface area contributed by atoms with Crippen molar-refractivity contribution < 1.29 is 19.2 Å². The molecule has 1 aromatic rings. The van der Waals surface area contributed by atoms with E-state index in [4.69, 9.17) is 4.74 Å². The number of nitro groups is 1. The van der Waals surface area contributed by atoms with Gasteiger partial charge in [-0.25, -0.2) is 4.79 Å². The summed E-state index contributed by atoms with van der Waals surface area (Å²) in [4.78, 5) is 34.5. The third-order valence-electron chi connectivity index (χ3n) is 5.00. The quantitative estimate of drug-likeness (QED) is 0.501. The fourth-order valence-corrected chi connectivity index (χ4v) is 3.09. The van der Waals surface area contributed by atoms with Gasteiger partial charge in [0.05, 0.1) is 10.5 Å². The summed E-state index contributed by atoms with van der Waals surface area (Å²) < 4.78 is 5.18. The predicted molar refractivity (Wildman–Crippen MR) is 92.1 cm³/mol. The average molecular weight is 348 g/mol. The molecule has 0 aliphatic heterocycles. The SMILES string of the molecule is C[C@H]1[C@@H](NC(=O)[C@@H](C)OC(=O)c2ccc([N+](=O)[O-])cc2)CCC[C@@H]1C. The molecule has 7 nitrogen and oxygen atoms in total. The summed E-state index contributed by atoms with van der Waals surface area (Å²) in [7, 11) is 0. The van der Waals surface area contributed by atoms with Crippen LogP contribution in [0.5, 0.6) is 0 Å². The van der Waals surface area contributed by atoms with E-state index in [2.05, 4.69) is 19.2 Å². The van der Waals surface area contributed by atoms with Gasteiger partial charge >= 0.3 is 5.97 Å². The van der Waals surface area contributed by atoms with Gasteiger partial charge in [0.1, 0.15) is 0 Å². The van der Waals surface area contributed by atoms with Crippen LogP contribution in [0.15, 0.2) is 24.3 Å². The number of rotatable bonds is 5. The fourth-order valence-electron chi connectivity index (χ4n) is 3.09. The molecule has 1 saturated carbocycles. The Hall–Kier alpha value is -2.44. The lowest BCUT2D eigenvalue weighted by Crippen LogP contribution is -2.47. The second kappa shape index (κ2) is 8.09. The highest BCUT2D eigenvalue weighted by molar-refractivity contribution is 5.92. The minimum atomic E-state index is -0.924. The molecule has 1 aliphatic carbocycles. The molecule has 0 radical (unpaired) electrons. The molecule has 1 amide bonds. The fraction of sp³-hybridized carbons (Fsp3) is 0.556. The number of non-ortho nitro benzene ring substituents is 1. The Morgan fingerprint density at radius 2 is 1.88 bits per heavy atom. The third-order valence-corrected chi connectivity index (χ3v) is 5.00. The van der Waals surface area contributed by atoms with Gasteiger partial charge in [-0.05, 0) is 37.3 Å². The Labute approximate surface area is 146 Å². The smallest absolute Gasteiger partial charge is 0.338 e. The first kappa shape index (κ1) is 18.9. The van der Waals surface area contributed by atoms with Crippen LogP contribution in [0.4, 0.5) is 5.69 Å². The van der Waals surface area contributed by atoms with Gasteiger partial charge < -0.3 is 10.1 Å². The number of nitrogens with one attached hydrogen (secondary N) is 1. The van der Waals surface area contributed by atoms with Crippen LogP contribution in [0.1, 0.15) is 50.4 Å². The van der Waals surface area contributed by atoms with E-state index in [1.807, 2.05) is 0 Å². The molecule has 0 aromatic heterocycles. The topological polar surface area (TPSA) is 98.5 Å². The van der Waals surface area contributed by atoms with E-state index in [0.717, 1.165) is 19.3 Å². The number of nitrogens with zero attached hydrogens (tertiary/aromatic N) is 1. The Balaban J connectivity index is 1.91. The van der Waals surface area contributed by atoms with Crippen LogP contribution in [0.2, 0.25) is 0 Å². The molecule has 0 spiro atoms. The molecular formula is C18H24N2O5. The highest BCUT2D eigenvalue weighted by Crippen LogP contribution is 2.29. The maximum Gasteiger partial charge on any atom is 0.338 e. The molecule has 1 aliphatic rings. The Kier molecular flexibility index (Phi) is 6.12. The Morgan fingerprint density at radius 1 is 1.24 bits per heavy atom. The molecule has 1 fully saturated rings. The zero-order valence-electron chi connectivity index (χ0n) is 14.7. The van der Waals surface area contributed by atoms with Crippen molar-refractivity contribution >= 4 is 17.6 Å². The lowest BCUT2D eigenvalue weighted by molar-refractivity contribution is -0.384. The van der Waals surface area contributed by atoms with Crippen molar-refractivity contribution in [3.05, 3.63) is 39.9 Å². The van der Waals surface area contributed by atoms with Crippen molar-refractivity contribution in [2.24, 2.45) is 11.8 Å². The molecular weight excluding hydrogens is 324 g/mol. The summed E-state index contributed by atoms with van der Waals surface area (Å²) >= 11 is 0. The van der Waals surface area contributed by atoms with Crippen LogP contribution in [0, 0.1) is 22.0 Å². The molecule has 2 rings (SSSR count). The zero-order valence-corrected chi connectivity index (χ0v) is 14.7. The molecule has 0 heterocycles. The molecule has 0 bridgehead atoms. The second-order valence-corrected chi connectivity index (χ2v) is 6.73. The Morgan fingerprint density at radius 3 is 2.48 bits per heavy atom. The number of nitro benzene ring substituents is 1. The first-order chi connectivity index (χ1) is 11.8. The van der Waals surface area contributed by atoms with E-state index < -0.39 is 17.0 Å². The number of amides is 1. The third kappa shape index (κ3) is 4.78. The standard InChI is InChI=1S/C18H24N2O5/c1-11-5-4-6-16(12(11)2)19-17(21)13(3)25-18(22)14-7-9-15(10-8-14)20(23)24/h7-13,16H,4-6H2,1-3H3,(H,19,21)/t11-,12+,13+,16-/m0/s1. The van der Waals surface area contributed by atoms with Crippen molar-refractivity contribution in [2.75, 3.05) is 0 Å². The van der Waals surface area contributed by atoms with Gasteiger partial charge in [0.2, 0.25) is 0 Å². The van der Waals surface area contributed by atoms with Crippen molar-refractivity contribution in [1.29, 1.82) is 0 Å². The molecule has 1 N–H and O–H groups in total. The van der Waals surface area contributed by atoms with Gasteiger partial charge in [0.15, 0.2) is 6.10 Å². The molecule has 7 heteroatoms. The van der Waals surface area contributed by atoms with Crippen LogP contribution >= 0.6 is 0 Å².